The summed E-state index contributed by atoms with van der Waals surface area (Å²) in [6.45, 7) is 0.321. The Morgan fingerprint density at radius 1 is 1.39 bits per heavy atom. The Bertz CT molecular complexity index is 596. The number of carbonyl (C=O) groups is 1. The Morgan fingerprint density at radius 3 is 3.00 bits per heavy atom. The van der Waals surface area contributed by atoms with Crippen molar-refractivity contribution in [2.24, 2.45) is 0 Å². The molecule has 1 amide bonds. The average molecular weight is 276 g/mol. The Hall–Kier alpha value is -1.76. The van der Waals surface area contributed by atoms with Gasteiger partial charge in [-0.25, -0.2) is 0 Å². The molecule has 0 atom stereocenters. The molecule has 0 aliphatic rings. The SMILES string of the molecule is O=C(NCC#Cc1cccc(Cl)c1)c1ccsc1. The maximum absolute atomic E-state index is 11.6. The van der Waals surface area contributed by atoms with Crippen molar-refractivity contribution in [3.05, 3.63) is 57.2 Å². The summed E-state index contributed by atoms with van der Waals surface area (Å²) < 4.78 is 0. The Balaban J connectivity index is 1.88. The molecule has 0 bridgehead atoms. The first-order valence-electron chi connectivity index (χ1n) is 5.30. The second kappa shape index (κ2) is 6.25. The van der Waals surface area contributed by atoms with Gasteiger partial charge in [-0.3, -0.25) is 4.79 Å². The molecular weight excluding hydrogens is 266 g/mol. The number of rotatable bonds is 2. The summed E-state index contributed by atoms with van der Waals surface area (Å²) in [6, 6.07) is 9.08. The van der Waals surface area contributed by atoms with Gasteiger partial charge in [0.05, 0.1) is 12.1 Å². The first-order valence-corrected chi connectivity index (χ1v) is 6.62. The fourth-order valence-electron chi connectivity index (χ4n) is 1.33. The van der Waals surface area contributed by atoms with E-state index in [1.165, 1.54) is 11.3 Å². The van der Waals surface area contributed by atoms with Gasteiger partial charge in [-0.2, -0.15) is 11.3 Å². The summed E-state index contributed by atoms with van der Waals surface area (Å²) in [6.07, 6.45) is 0. The number of hydrogen-bond donors (Lipinski definition) is 1. The molecule has 2 aromatic rings. The standard InChI is InChI=1S/C14H10ClNOS/c15-13-5-1-3-11(9-13)4-2-7-16-14(17)12-6-8-18-10-12/h1,3,5-6,8-10H,7H2,(H,16,17). The minimum Gasteiger partial charge on any atom is -0.341 e. The Kier molecular flexibility index (Phi) is 4.40. The topological polar surface area (TPSA) is 29.1 Å². The van der Waals surface area contributed by atoms with E-state index in [1.54, 1.807) is 23.6 Å². The quantitative estimate of drug-likeness (QED) is 0.838. The fourth-order valence-corrected chi connectivity index (χ4v) is 2.16. The van der Waals surface area contributed by atoms with Crippen molar-refractivity contribution < 1.29 is 4.79 Å². The summed E-state index contributed by atoms with van der Waals surface area (Å²) in [5.41, 5.74) is 1.51. The van der Waals surface area contributed by atoms with E-state index in [1.807, 2.05) is 17.5 Å². The molecule has 90 valence electrons. The van der Waals surface area contributed by atoms with Crippen LogP contribution >= 0.6 is 22.9 Å². The van der Waals surface area contributed by atoms with Crippen molar-refractivity contribution in [3.63, 3.8) is 0 Å². The molecule has 18 heavy (non-hydrogen) atoms. The van der Waals surface area contributed by atoms with E-state index in [9.17, 15) is 4.79 Å². The molecule has 0 unspecified atom stereocenters. The molecule has 0 radical (unpaired) electrons. The molecule has 1 N–H and O–H groups in total. The first kappa shape index (κ1) is 12.7. The molecule has 0 spiro atoms. The van der Waals surface area contributed by atoms with Crippen LogP contribution in [0.15, 0.2) is 41.1 Å². The molecule has 1 heterocycles. The van der Waals surface area contributed by atoms with Crippen LogP contribution in [0, 0.1) is 11.8 Å². The lowest BCUT2D eigenvalue weighted by Gasteiger charge is -1.97. The highest BCUT2D eigenvalue weighted by atomic mass is 35.5. The first-order chi connectivity index (χ1) is 8.75. The smallest absolute Gasteiger partial charge is 0.252 e. The third-order valence-corrected chi connectivity index (χ3v) is 3.10. The van der Waals surface area contributed by atoms with Crippen molar-refractivity contribution in [2.75, 3.05) is 6.54 Å². The van der Waals surface area contributed by atoms with Crippen LogP contribution in [0.5, 0.6) is 0 Å². The van der Waals surface area contributed by atoms with Crippen LogP contribution in [0.4, 0.5) is 0 Å². The van der Waals surface area contributed by atoms with E-state index < -0.39 is 0 Å². The average Bonchev–Trinajstić information content (AvgIpc) is 2.88. The summed E-state index contributed by atoms with van der Waals surface area (Å²) in [5, 5.41) is 7.06. The van der Waals surface area contributed by atoms with E-state index in [0.717, 1.165) is 5.56 Å². The van der Waals surface area contributed by atoms with Gasteiger partial charge < -0.3 is 5.32 Å². The maximum Gasteiger partial charge on any atom is 0.252 e. The van der Waals surface area contributed by atoms with E-state index >= 15 is 0 Å². The van der Waals surface area contributed by atoms with Crippen molar-refractivity contribution in [1.29, 1.82) is 0 Å². The number of thiophene rings is 1. The third kappa shape index (κ3) is 3.63. The third-order valence-electron chi connectivity index (χ3n) is 2.18. The summed E-state index contributed by atoms with van der Waals surface area (Å²) in [5.74, 6) is 5.72. The van der Waals surface area contributed by atoms with Gasteiger partial charge in [0.25, 0.3) is 5.91 Å². The van der Waals surface area contributed by atoms with Crippen LogP contribution in [0.3, 0.4) is 0 Å². The van der Waals surface area contributed by atoms with Gasteiger partial charge in [-0.1, -0.05) is 29.5 Å². The lowest BCUT2D eigenvalue weighted by molar-refractivity contribution is 0.0959. The number of hydrogen-bond acceptors (Lipinski definition) is 2. The highest BCUT2D eigenvalue weighted by molar-refractivity contribution is 7.08. The van der Waals surface area contributed by atoms with Crippen molar-refractivity contribution in [2.45, 2.75) is 0 Å². The molecule has 2 nitrogen and oxygen atoms in total. The number of carbonyl (C=O) groups excluding carboxylic acids is 1. The van der Waals surface area contributed by atoms with Gasteiger partial charge in [0.2, 0.25) is 0 Å². The molecule has 0 aliphatic carbocycles. The molecule has 0 fully saturated rings. The number of halogens is 1. The monoisotopic (exact) mass is 275 g/mol. The molecule has 2 rings (SSSR count). The van der Waals surface area contributed by atoms with Crippen LogP contribution in [0.2, 0.25) is 5.02 Å². The second-order valence-corrected chi connectivity index (χ2v) is 4.72. The minimum absolute atomic E-state index is 0.100. The molecule has 0 saturated heterocycles. The van der Waals surface area contributed by atoms with E-state index in [2.05, 4.69) is 17.2 Å². The summed E-state index contributed by atoms with van der Waals surface area (Å²) in [7, 11) is 0. The minimum atomic E-state index is -0.100. The predicted octanol–water partition coefficient (Wildman–Crippen LogP) is 3.18. The van der Waals surface area contributed by atoms with E-state index in [4.69, 9.17) is 11.6 Å². The van der Waals surface area contributed by atoms with Crippen molar-refractivity contribution in [3.8, 4) is 11.8 Å². The molecular formula is C14H10ClNOS. The van der Waals surface area contributed by atoms with Gasteiger partial charge in [0.1, 0.15) is 0 Å². The molecule has 0 aliphatic heterocycles. The predicted molar refractivity (Wildman–Crippen MR) is 75.0 cm³/mol. The maximum atomic E-state index is 11.6. The second-order valence-electron chi connectivity index (χ2n) is 3.51. The lowest BCUT2D eigenvalue weighted by atomic mass is 10.2. The largest absolute Gasteiger partial charge is 0.341 e. The zero-order chi connectivity index (χ0) is 12.8. The molecule has 4 heteroatoms. The Labute approximate surface area is 115 Å². The van der Waals surface area contributed by atoms with Gasteiger partial charge in [0.15, 0.2) is 0 Å². The summed E-state index contributed by atoms with van der Waals surface area (Å²) in [4.78, 5) is 11.6. The summed E-state index contributed by atoms with van der Waals surface area (Å²) >= 11 is 7.33. The highest BCUT2D eigenvalue weighted by Gasteiger charge is 2.02. The van der Waals surface area contributed by atoms with Gasteiger partial charge >= 0.3 is 0 Å². The van der Waals surface area contributed by atoms with Crippen LogP contribution < -0.4 is 5.32 Å². The zero-order valence-electron chi connectivity index (χ0n) is 9.44. The van der Waals surface area contributed by atoms with Crippen LogP contribution in [-0.4, -0.2) is 12.5 Å². The molecule has 0 saturated carbocycles. The van der Waals surface area contributed by atoms with Crippen molar-refractivity contribution >= 4 is 28.8 Å². The zero-order valence-corrected chi connectivity index (χ0v) is 11.0. The lowest BCUT2D eigenvalue weighted by Crippen LogP contribution is -2.22. The number of nitrogens with one attached hydrogen (secondary N) is 1. The van der Waals surface area contributed by atoms with Gasteiger partial charge in [-0.05, 0) is 29.6 Å². The van der Waals surface area contributed by atoms with Crippen LogP contribution in [0.1, 0.15) is 15.9 Å². The highest BCUT2D eigenvalue weighted by Crippen LogP contribution is 2.09. The normalized spacial score (nSPS) is 9.39. The van der Waals surface area contributed by atoms with E-state index in [-0.39, 0.29) is 5.91 Å². The van der Waals surface area contributed by atoms with Gasteiger partial charge in [-0.15, -0.1) is 0 Å². The Morgan fingerprint density at radius 2 is 2.28 bits per heavy atom. The fraction of sp³-hybridized carbons (Fsp3) is 0.0714. The van der Waals surface area contributed by atoms with Crippen molar-refractivity contribution in [1.82, 2.24) is 5.32 Å². The number of amides is 1. The molecule has 1 aromatic heterocycles. The van der Waals surface area contributed by atoms with Crippen LogP contribution in [-0.2, 0) is 0 Å². The van der Waals surface area contributed by atoms with E-state index in [0.29, 0.717) is 17.1 Å². The van der Waals surface area contributed by atoms with Crippen LogP contribution in [0.25, 0.3) is 0 Å². The number of benzene rings is 1. The van der Waals surface area contributed by atoms with Gasteiger partial charge in [0, 0.05) is 16.0 Å². The molecule has 1 aromatic carbocycles.